The van der Waals surface area contributed by atoms with Gasteiger partial charge in [0.15, 0.2) is 0 Å². The minimum atomic E-state index is -0.0545. The van der Waals surface area contributed by atoms with Gasteiger partial charge in [0.05, 0.1) is 11.2 Å². The van der Waals surface area contributed by atoms with Crippen LogP contribution in [0.25, 0.3) is 0 Å². The highest BCUT2D eigenvalue weighted by molar-refractivity contribution is 5.37. The maximum Gasteiger partial charge on any atom is 0.107 e. The molecule has 0 amide bonds. The monoisotopic (exact) mass is 519 g/mol. The Kier molecular flexibility index (Phi) is 6.69. The van der Waals surface area contributed by atoms with E-state index in [1.54, 1.807) is 0 Å². The maximum absolute atomic E-state index is 5.18. The molecule has 0 aromatic carbocycles. The molecule has 3 aromatic heterocycles. The smallest absolute Gasteiger partial charge is 0.107 e. The normalized spacial score (nSPS) is 17.7. The molecule has 3 aromatic rings. The Hall–Kier alpha value is -2.30. The Morgan fingerprint density at radius 3 is 2.11 bits per heavy atom. The van der Waals surface area contributed by atoms with Crippen molar-refractivity contribution in [3.05, 3.63) is 59.2 Å². The third kappa shape index (κ3) is 5.14. The minimum absolute atomic E-state index is 0.0190. The average molecular weight is 520 g/mol. The predicted molar refractivity (Wildman–Crippen MR) is 159 cm³/mol. The number of H-pyrrole nitrogens is 1. The summed E-state index contributed by atoms with van der Waals surface area (Å²) in [6, 6.07) is 6.73. The van der Waals surface area contributed by atoms with Crippen LogP contribution in [0.15, 0.2) is 30.6 Å². The van der Waals surface area contributed by atoms with E-state index in [2.05, 4.69) is 134 Å². The van der Waals surface area contributed by atoms with E-state index in [9.17, 15) is 0 Å². The van der Waals surface area contributed by atoms with Crippen molar-refractivity contribution < 1.29 is 0 Å². The zero-order valence-electron chi connectivity index (χ0n) is 26.5. The molecule has 0 radical (unpaired) electrons. The van der Waals surface area contributed by atoms with E-state index >= 15 is 0 Å². The van der Waals surface area contributed by atoms with E-state index in [0.29, 0.717) is 0 Å². The second-order valence-corrected chi connectivity index (χ2v) is 16.2. The molecule has 1 aliphatic rings. The Labute approximate surface area is 231 Å². The molecular formula is C33H53N5. The summed E-state index contributed by atoms with van der Waals surface area (Å²) in [4.78, 5) is 8.94. The molecule has 0 saturated carbocycles. The summed E-state index contributed by atoms with van der Waals surface area (Å²) in [5.74, 6) is 1.11. The standard InChI is InChI=1S/C33H53N5/c1-28(2,3)38-24(16-19-34-38)29(4,5)17-18-33(12,13)37-20-14-15-23(37)30(6,7)21-25-35-26-27(36-25)32(10,11)22-31(26,8)9/h14-16,19-20H,17-18,21-22H2,1-13H3,(H,35,36). The molecule has 0 saturated heterocycles. The number of rotatable bonds is 8. The largest absolute Gasteiger partial charge is 0.345 e. The molecule has 5 heteroatoms. The van der Waals surface area contributed by atoms with Gasteiger partial charge in [0.25, 0.3) is 0 Å². The van der Waals surface area contributed by atoms with Crippen LogP contribution in [0.3, 0.4) is 0 Å². The van der Waals surface area contributed by atoms with Crippen LogP contribution in [-0.4, -0.2) is 24.3 Å². The molecule has 210 valence electrons. The lowest BCUT2D eigenvalue weighted by Gasteiger charge is -2.38. The molecule has 0 atom stereocenters. The number of fused-ring (bicyclic) bond motifs is 1. The SMILES string of the molecule is CC1(C)CC(C)(C)c2[nH]c(CC(C)(C)c3cccn3C(C)(C)CCC(C)(C)c3ccnn3C(C)(C)C)nc21. The summed E-state index contributed by atoms with van der Waals surface area (Å²) in [6.45, 7) is 30.3. The fourth-order valence-corrected chi connectivity index (χ4v) is 6.95. The van der Waals surface area contributed by atoms with Crippen LogP contribution in [0.2, 0.25) is 0 Å². The molecule has 0 bridgehead atoms. The Bertz CT molecular complexity index is 1250. The van der Waals surface area contributed by atoms with E-state index < -0.39 is 0 Å². The van der Waals surface area contributed by atoms with Crippen molar-refractivity contribution in [3.8, 4) is 0 Å². The highest BCUT2D eigenvalue weighted by Crippen LogP contribution is 2.48. The molecule has 0 unspecified atom stereocenters. The van der Waals surface area contributed by atoms with E-state index in [4.69, 9.17) is 4.98 Å². The number of nitrogens with zero attached hydrogens (tertiary/aromatic N) is 4. The Balaban J connectivity index is 1.56. The zero-order chi connectivity index (χ0) is 28.5. The van der Waals surface area contributed by atoms with Crippen LogP contribution in [0.4, 0.5) is 0 Å². The van der Waals surface area contributed by atoms with Gasteiger partial charge in [-0.25, -0.2) is 4.98 Å². The van der Waals surface area contributed by atoms with Crippen molar-refractivity contribution in [3.63, 3.8) is 0 Å². The summed E-state index contributed by atoms with van der Waals surface area (Å²) in [5, 5.41) is 4.67. The molecule has 0 aliphatic heterocycles. The second kappa shape index (κ2) is 8.86. The molecule has 0 spiro atoms. The quantitative estimate of drug-likeness (QED) is 0.326. The van der Waals surface area contributed by atoms with Gasteiger partial charge < -0.3 is 9.55 Å². The summed E-state index contributed by atoms with van der Waals surface area (Å²) in [7, 11) is 0. The number of hydrogen-bond donors (Lipinski definition) is 1. The van der Waals surface area contributed by atoms with Gasteiger partial charge in [-0.1, -0.05) is 55.4 Å². The van der Waals surface area contributed by atoms with Gasteiger partial charge in [0.1, 0.15) is 5.82 Å². The van der Waals surface area contributed by atoms with Crippen molar-refractivity contribution in [1.82, 2.24) is 24.3 Å². The molecule has 38 heavy (non-hydrogen) atoms. The predicted octanol–water partition coefficient (Wildman–Crippen LogP) is 8.14. The fraction of sp³-hybridized carbons (Fsp3) is 0.697. The first-order valence-electron chi connectivity index (χ1n) is 14.5. The lowest BCUT2D eigenvalue weighted by molar-refractivity contribution is 0.251. The van der Waals surface area contributed by atoms with Crippen molar-refractivity contribution in [1.29, 1.82) is 0 Å². The number of nitrogens with one attached hydrogen (secondary N) is 1. The maximum atomic E-state index is 5.18. The third-order valence-corrected chi connectivity index (χ3v) is 8.99. The highest BCUT2D eigenvalue weighted by atomic mass is 15.3. The third-order valence-electron chi connectivity index (χ3n) is 8.99. The molecule has 3 heterocycles. The van der Waals surface area contributed by atoms with Gasteiger partial charge in [-0.3, -0.25) is 4.68 Å². The summed E-state index contributed by atoms with van der Waals surface area (Å²) in [5.41, 5.74) is 5.47. The van der Waals surface area contributed by atoms with Crippen molar-refractivity contribution in [2.24, 2.45) is 0 Å². The second-order valence-electron chi connectivity index (χ2n) is 16.2. The summed E-state index contributed by atoms with van der Waals surface area (Å²) in [6.07, 6.45) is 8.41. The average Bonchev–Trinajstić information content (AvgIpc) is 3.51. The molecule has 1 N–H and O–H groups in total. The van der Waals surface area contributed by atoms with Crippen molar-refractivity contribution in [2.45, 2.75) is 148 Å². The lowest BCUT2D eigenvalue weighted by Crippen LogP contribution is -2.36. The first-order chi connectivity index (χ1) is 17.2. The van der Waals surface area contributed by atoms with Crippen LogP contribution in [0.1, 0.15) is 138 Å². The van der Waals surface area contributed by atoms with Crippen LogP contribution < -0.4 is 0 Å². The van der Waals surface area contributed by atoms with E-state index in [1.807, 2.05) is 6.20 Å². The van der Waals surface area contributed by atoms with Gasteiger partial charge in [0.2, 0.25) is 0 Å². The van der Waals surface area contributed by atoms with Crippen LogP contribution in [0, 0.1) is 0 Å². The zero-order valence-corrected chi connectivity index (χ0v) is 26.5. The molecule has 0 fully saturated rings. The molecule has 4 rings (SSSR count). The van der Waals surface area contributed by atoms with E-state index in [-0.39, 0.29) is 32.7 Å². The topological polar surface area (TPSA) is 51.4 Å². The highest BCUT2D eigenvalue weighted by Gasteiger charge is 2.45. The number of hydrogen-bond acceptors (Lipinski definition) is 2. The van der Waals surface area contributed by atoms with Crippen molar-refractivity contribution in [2.75, 3.05) is 0 Å². The van der Waals surface area contributed by atoms with Crippen LogP contribution in [-0.2, 0) is 39.2 Å². The molecule has 5 nitrogen and oxygen atoms in total. The summed E-state index contributed by atoms with van der Waals surface area (Å²) < 4.78 is 4.72. The minimum Gasteiger partial charge on any atom is -0.345 e. The van der Waals surface area contributed by atoms with Gasteiger partial charge >= 0.3 is 0 Å². The number of aromatic nitrogens is 5. The molecule has 1 aliphatic carbocycles. The van der Waals surface area contributed by atoms with Gasteiger partial charge in [-0.2, -0.15) is 5.10 Å². The number of imidazole rings is 1. The lowest BCUT2D eigenvalue weighted by atomic mass is 9.79. The van der Waals surface area contributed by atoms with Crippen LogP contribution in [0.5, 0.6) is 0 Å². The van der Waals surface area contributed by atoms with Crippen molar-refractivity contribution >= 4 is 0 Å². The van der Waals surface area contributed by atoms with Gasteiger partial charge in [-0.05, 0) is 72.1 Å². The van der Waals surface area contributed by atoms with Gasteiger partial charge in [-0.15, -0.1) is 0 Å². The number of aromatic amines is 1. The fourth-order valence-electron chi connectivity index (χ4n) is 6.95. The first kappa shape index (κ1) is 28.7. The van der Waals surface area contributed by atoms with E-state index in [1.165, 1.54) is 22.8 Å². The van der Waals surface area contributed by atoms with Gasteiger partial charge in [0, 0.05) is 63.1 Å². The Morgan fingerprint density at radius 2 is 1.50 bits per heavy atom. The van der Waals surface area contributed by atoms with Crippen LogP contribution >= 0.6 is 0 Å². The van der Waals surface area contributed by atoms with E-state index in [0.717, 1.165) is 31.5 Å². The summed E-state index contributed by atoms with van der Waals surface area (Å²) >= 11 is 0. The molecular weight excluding hydrogens is 466 g/mol. The first-order valence-corrected chi connectivity index (χ1v) is 14.5. The Morgan fingerprint density at radius 1 is 0.842 bits per heavy atom.